The Morgan fingerprint density at radius 3 is 2.57 bits per heavy atom. The summed E-state index contributed by atoms with van der Waals surface area (Å²) >= 11 is 0. The third kappa shape index (κ3) is 2.97. The summed E-state index contributed by atoms with van der Waals surface area (Å²) in [5, 5.41) is 0. The van der Waals surface area contributed by atoms with Crippen LogP contribution in [0.3, 0.4) is 0 Å². The van der Waals surface area contributed by atoms with Crippen molar-refractivity contribution in [2.75, 3.05) is 13.1 Å². The Morgan fingerprint density at radius 2 is 1.95 bits per heavy atom. The Morgan fingerprint density at radius 1 is 1.24 bits per heavy atom. The average Bonchev–Trinajstić information content (AvgIpc) is 2.73. The molecule has 1 amide bonds. The number of nitrogens with two attached hydrogens (primary N) is 2. The van der Waals surface area contributed by atoms with Gasteiger partial charge in [-0.25, -0.2) is 0 Å². The highest BCUT2D eigenvalue weighted by atomic mass is 16.1. The Kier molecular flexibility index (Phi) is 4.27. The molecular weight excluding hydrogens is 262 g/mol. The van der Waals surface area contributed by atoms with Gasteiger partial charge in [-0.2, -0.15) is 0 Å². The van der Waals surface area contributed by atoms with Crippen LogP contribution in [0, 0.1) is 0 Å². The number of carbonyl (C=O) groups is 1. The fourth-order valence-corrected chi connectivity index (χ4v) is 4.13. The van der Waals surface area contributed by atoms with Gasteiger partial charge in [0.25, 0.3) is 0 Å². The molecule has 4 N–H and O–H groups in total. The van der Waals surface area contributed by atoms with Crippen LogP contribution in [-0.2, 0) is 0 Å². The van der Waals surface area contributed by atoms with Gasteiger partial charge in [0.05, 0.1) is 0 Å². The second-order valence-electron chi connectivity index (χ2n) is 6.42. The van der Waals surface area contributed by atoms with Crippen LogP contribution in [0.2, 0.25) is 0 Å². The highest BCUT2D eigenvalue weighted by Crippen LogP contribution is 2.43. The van der Waals surface area contributed by atoms with Crippen LogP contribution in [0.25, 0.3) is 0 Å². The molecule has 1 aromatic rings. The third-order valence-electron chi connectivity index (χ3n) is 5.15. The van der Waals surface area contributed by atoms with Crippen LogP contribution in [0.15, 0.2) is 24.3 Å². The Bertz CT molecular complexity index is 503. The first-order valence-electron chi connectivity index (χ1n) is 8.04. The van der Waals surface area contributed by atoms with Crippen molar-refractivity contribution in [1.82, 2.24) is 4.90 Å². The summed E-state index contributed by atoms with van der Waals surface area (Å²) in [6.07, 6.45) is 6.10. The van der Waals surface area contributed by atoms with Crippen LogP contribution in [0.1, 0.15) is 53.9 Å². The molecule has 4 heteroatoms. The summed E-state index contributed by atoms with van der Waals surface area (Å²) in [5.41, 5.74) is 13.0. The Labute approximate surface area is 126 Å². The normalized spacial score (nSPS) is 28.7. The fraction of sp³-hybridized carbons (Fsp3) is 0.588. The van der Waals surface area contributed by atoms with Gasteiger partial charge < -0.3 is 11.5 Å². The van der Waals surface area contributed by atoms with Crippen LogP contribution in [0.5, 0.6) is 0 Å². The van der Waals surface area contributed by atoms with E-state index < -0.39 is 0 Å². The fourth-order valence-electron chi connectivity index (χ4n) is 4.13. The van der Waals surface area contributed by atoms with Crippen molar-refractivity contribution < 1.29 is 4.79 Å². The maximum Gasteiger partial charge on any atom is 0.248 e. The summed E-state index contributed by atoms with van der Waals surface area (Å²) in [6, 6.07) is 9.28. The molecule has 0 aromatic heterocycles. The van der Waals surface area contributed by atoms with Crippen molar-refractivity contribution in [2.24, 2.45) is 11.5 Å². The van der Waals surface area contributed by atoms with Gasteiger partial charge in [0.15, 0.2) is 0 Å². The number of hydrogen-bond acceptors (Lipinski definition) is 3. The zero-order valence-electron chi connectivity index (χ0n) is 12.5. The molecule has 0 saturated carbocycles. The van der Waals surface area contributed by atoms with Gasteiger partial charge in [0.2, 0.25) is 5.91 Å². The predicted molar refractivity (Wildman–Crippen MR) is 84.1 cm³/mol. The maximum atomic E-state index is 11.3. The maximum absolute atomic E-state index is 11.3. The standard InChI is InChI=1S/C17H25N3O/c18-7-2-8-20-15-5-6-16(20)11-14(10-15)12-3-1-4-13(9-12)17(19)21/h1,3-4,9,14-16H,2,5-8,10-11,18H2,(H2,19,21)/t14-,15+,16-. The van der Waals surface area contributed by atoms with Crippen molar-refractivity contribution in [3.05, 3.63) is 35.4 Å². The number of hydrogen-bond donors (Lipinski definition) is 2. The van der Waals surface area contributed by atoms with Gasteiger partial charge >= 0.3 is 0 Å². The zero-order chi connectivity index (χ0) is 14.8. The average molecular weight is 287 g/mol. The van der Waals surface area contributed by atoms with Gasteiger partial charge in [-0.15, -0.1) is 0 Å². The minimum atomic E-state index is -0.333. The SMILES string of the molecule is NCCCN1[C@@H]2CC[C@H]1C[C@@H](c1cccc(C(N)=O)c1)C2. The van der Waals surface area contributed by atoms with E-state index in [1.807, 2.05) is 12.1 Å². The molecule has 0 radical (unpaired) electrons. The molecule has 2 saturated heterocycles. The van der Waals surface area contributed by atoms with Gasteiger partial charge in [-0.3, -0.25) is 9.69 Å². The number of nitrogens with zero attached hydrogens (tertiary/aromatic N) is 1. The topological polar surface area (TPSA) is 72.3 Å². The highest BCUT2D eigenvalue weighted by Gasteiger charge is 2.40. The molecule has 0 unspecified atom stereocenters. The van der Waals surface area contributed by atoms with E-state index in [1.165, 1.54) is 31.2 Å². The van der Waals surface area contributed by atoms with Gasteiger partial charge in [0.1, 0.15) is 0 Å². The number of piperidine rings is 1. The second-order valence-corrected chi connectivity index (χ2v) is 6.42. The first kappa shape index (κ1) is 14.5. The molecule has 0 spiro atoms. The lowest BCUT2D eigenvalue weighted by molar-refractivity contribution is 0.1000. The minimum absolute atomic E-state index is 0.333. The molecule has 2 fully saturated rings. The van der Waals surface area contributed by atoms with Crippen LogP contribution in [-0.4, -0.2) is 36.0 Å². The Balaban J connectivity index is 1.72. The van der Waals surface area contributed by atoms with E-state index in [4.69, 9.17) is 11.5 Å². The molecule has 4 nitrogen and oxygen atoms in total. The molecule has 114 valence electrons. The third-order valence-corrected chi connectivity index (χ3v) is 5.15. The van der Waals surface area contributed by atoms with Crippen molar-refractivity contribution in [3.63, 3.8) is 0 Å². The molecule has 0 aliphatic carbocycles. The molecule has 2 heterocycles. The van der Waals surface area contributed by atoms with E-state index in [9.17, 15) is 4.79 Å². The number of primary amides is 1. The molecule has 3 rings (SSSR count). The molecule has 3 atom stereocenters. The number of rotatable bonds is 5. The van der Waals surface area contributed by atoms with Crippen molar-refractivity contribution >= 4 is 5.91 Å². The number of carbonyl (C=O) groups excluding carboxylic acids is 1. The van der Waals surface area contributed by atoms with E-state index in [0.717, 1.165) is 19.5 Å². The lowest BCUT2D eigenvalue weighted by Gasteiger charge is -2.39. The van der Waals surface area contributed by atoms with Gasteiger partial charge in [-0.05, 0) is 68.8 Å². The lowest BCUT2D eigenvalue weighted by Crippen LogP contribution is -2.43. The van der Waals surface area contributed by atoms with E-state index >= 15 is 0 Å². The molecule has 2 aliphatic heterocycles. The summed E-state index contributed by atoms with van der Waals surface area (Å²) < 4.78 is 0. The van der Waals surface area contributed by atoms with Crippen molar-refractivity contribution in [1.29, 1.82) is 0 Å². The van der Waals surface area contributed by atoms with Crippen molar-refractivity contribution in [3.8, 4) is 0 Å². The predicted octanol–water partition coefficient (Wildman–Crippen LogP) is 1.84. The monoisotopic (exact) mass is 287 g/mol. The quantitative estimate of drug-likeness (QED) is 0.868. The molecule has 21 heavy (non-hydrogen) atoms. The molecular formula is C17H25N3O. The first-order valence-corrected chi connectivity index (χ1v) is 8.04. The van der Waals surface area contributed by atoms with Gasteiger partial charge in [0, 0.05) is 17.6 Å². The minimum Gasteiger partial charge on any atom is -0.366 e. The number of benzene rings is 1. The second kappa shape index (κ2) is 6.16. The number of fused-ring (bicyclic) bond motifs is 2. The summed E-state index contributed by atoms with van der Waals surface area (Å²) in [5.74, 6) is 0.233. The first-order chi connectivity index (χ1) is 10.2. The zero-order valence-corrected chi connectivity index (χ0v) is 12.5. The van der Waals surface area contributed by atoms with E-state index in [2.05, 4.69) is 11.0 Å². The lowest BCUT2D eigenvalue weighted by atomic mass is 9.84. The summed E-state index contributed by atoms with van der Waals surface area (Å²) in [4.78, 5) is 14.0. The highest BCUT2D eigenvalue weighted by molar-refractivity contribution is 5.92. The van der Waals surface area contributed by atoms with Crippen LogP contribution >= 0.6 is 0 Å². The summed E-state index contributed by atoms with van der Waals surface area (Å²) in [7, 11) is 0. The van der Waals surface area contributed by atoms with Crippen molar-refractivity contribution in [2.45, 2.75) is 50.1 Å². The molecule has 2 bridgehead atoms. The van der Waals surface area contributed by atoms with Crippen LogP contribution < -0.4 is 11.5 Å². The summed E-state index contributed by atoms with van der Waals surface area (Å²) in [6.45, 7) is 1.92. The van der Waals surface area contributed by atoms with E-state index in [0.29, 0.717) is 23.6 Å². The van der Waals surface area contributed by atoms with E-state index in [-0.39, 0.29) is 5.91 Å². The Hall–Kier alpha value is -1.39. The number of amides is 1. The van der Waals surface area contributed by atoms with Crippen LogP contribution in [0.4, 0.5) is 0 Å². The largest absolute Gasteiger partial charge is 0.366 e. The molecule has 1 aromatic carbocycles. The van der Waals surface area contributed by atoms with Gasteiger partial charge in [-0.1, -0.05) is 12.1 Å². The molecule has 2 aliphatic rings. The van der Waals surface area contributed by atoms with E-state index in [1.54, 1.807) is 6.07 Å². The smallest absolute Gasteiger partial charge is 0.248 e.